The zero-order valence-corrected chi connectivity index (χ0v) is 18.7. The maximum absolute atomic E-state index is 12.7. The first-order valence-electron chi connectivity index (χ1n) is 10.2. The molecule has 32 heavy (non-hydrogen) atoms. The molecule has 4 aromatic rings. The highest BCUT2D eigenvalue weighted by molar-refractivity contribution is 7.99. The Labute approximate surface area is 190 Å². The highest BCUT2D eigenvalue weighted by atomic mass is 32.2. The van der Waals surface area contributed by atoms with Gasteiger partial charge in [-0.15, -0.1) is 10.2 Å². The molecule has 0 aliphatic carbocycles. The van der Waals surface area contributed by atoms with Gasteiger partial charge < -0.3 is 10.1 Å². The molecule has 0 aliphatic rings. The number of amides is 1. The van der Waals surface area contributed by atoms with Gasteiger partial charge in [0.1, 0.15) is 5.75 Å². The van der Waals surface area contributed by atoms with E-state index < -0.39 is 0 Å². The van der Waals surface area contributed by atoms with E-state index in [0.717, 1.165) is 34.7 Å². The highest BCUT2D eigenvalue weighted by Gasteiger charge is 2.18. The maximum atomic E-state index is 12.7. The van der Waals surface area contributed by atoms with E-state index in [1.54, 1.807) is 19.5 Å². The van der Waals surface area contributed by atoms with E-state index in [4.69, 9.17) is 4.74 Å². The van der Waals surface area contributed by atoms with Gasteiger partial charge >= 0.3 is 0 Å². The maximum Gasteiger partial charge on any atom is 0.234 e. The number of para-hydroxylation sites is 1. The summed E-state index contributed by atoms with van der Waals surface area (Å²) >= 11 is 1.33. The van der Waals surface area contributed by atoms with Gasteiger partial charge in [0.2, 0.25) is 5.91 Å². The third-order valence-corrected chi connectivity index (χ3v) is 5.80. The van der Waals surface area contributed by atoms with E-state index in [1.165, 1.54) is 11.8 Å². The van der Waals surface area contributed by atoms with Gasteiger partial charge in [0.05, 0.1) is 18.6 Å². The molecule has 8 heteroatoms. The van der Waals surface area contributed by atoms with Crippen molar-refractivity contribution in [2.24, 2.45) is 0 Å². The third-order valence-electron chi connectivity index (χ3n) is 4.87. The van der Waals surface area contributed by atoms with Crippen LogP contribution in [0.2, 0.25) is 0 Å². The molecule has 2 aromatic carbocycles. The minimum Gasteiger partial charge on any atom is -0.497 e. The topological polar surface area (TPSA) is 81.9 Å². The van der Waals surface area contributed by atoms with Crippen LogP contribution >= 0.6 is 11.8 Å². The number of anilines is 1. The summed E-state index contributed by atoms with van der Waals surface area (Å²) in [5.41, 5.74) is 3.61. The number of carbonyl (C=O) groups is 1. The number of carbonyl (C=O) groups excluding carboxylic acids is 1. The molecule has 7 nitrogen and oxygen atoms in total. The summed E-state index contributed by atoms with van der Waals surface area (Å²) in [6.45, 7) is 2.07. The van der Waals surface area contributed by atoms with Gasteiger partial charge in [0.15, 0.2) is 11.0 Å². The number of nitrogens with one attached hydrogen (secondary N) is 1. The second kappa shape index (κ2) is 10.1. The number of nitrogens with zero attached hydrogens (tertiary/aromatic N) is 4. The van der Waals surface area contributed by atoms with Gasteiger partial charge in [0.25, 0.3) is 0 Å². The van der Waals surface area contributed by atoms with Crippen molar-refractivity contribution < 1.29 is 9.53 Å². The highest BCUT2D eigenvalue weighted by Crippen LogP contribution is 2.29. The first kappa shape index (κ1) is 21.6. The lowest BCUT2D eigenvalue weighted by atomic mass is 10.1. The zero-order chi connectivity index (χ0) is 22.3. The summed E-state index contributed by atoms with van der Waals surface area (Å²) in [5.74, 6) is 1.47. The average Bonchev–Trinajstić information content (AvgIpc) is 3.28. The van der Waals surface area contributed by atoms with Crippen molar-refractivity contribution >= 4 is 23.4 Å². The van der Waals surface area contributed by atoms with Gasteiger partial charge in [-0.1, -0.05) is 43.0 Å². The SMILES string of the molecule is CCc1ccccc1NC(=O)CSc1nnc(-c2cccnc2)n1-c1cccc(OC)c1. The number of benzene rings is 2. The predicted octanol–water partition coefficient (Wildman–Crippen LogP) is 4.63. The van der Waals surface area contributed by atoms with Crippen LogP contribution in [0.4, 0.5) is 5.69 Å². The van der Waals surface area contributed by atoms with E-state index in [2.05, 4.69) is 27.4 Å². The van der Waals surface area contributed by atoms with Crippen molar-refractivity contribution in [3.05, 3.63) is 78.6 Å². The second-order valence-corrected chi connectivity index (χ2v) is 7.87. The molecule has 0 saturated carbocycles. The van der Waals surface area contributed by atoms with Crippen LogP contribution in [0, 0.1) is 0 Å². The molecule has 1 N–H and O–H groups in total. The van der Waals surface area contributed by atoms with Crippen molar-refractivity contribution in [2.75, 3.05) is 18.2 Å². The zero-order valence-electron chi connectivity index (χ0n) is 17.9. The minimum atomic E-state index is -0.0981. The van der Waals surface area contributed by atoms with Crippen molar-refractivity contribution in [3.8, 4) is 22.8 Å². The van der Waals surface area contributed by atoms with Gasteiger partial charge in [-0.2, -0.15) is 0 Å². The van der Waals surface area contributed by atoms with Crippen LogP contribution in [0.25, 0.3) is 17.1 Å². The molecular formula is C24H23N5O2S. The quantitative estimate of drug-likeness (QED) is 0.398. The number of hydrogen-bond acceptors (Lipinski definition) is 6. The number of ether oxygens (including phenoxy) is 1. The number of aromatic nitrogens is 4. The molecule has 4 rings (SSSR count). The number of aryl methyl sites for hydroxylation is 1. The van der Waals surface area contributed by atoms with E-state index in [0.29, 0.717) is 11.0 Å². The van der Waals surface area contributed by atoms with Crippen LogP contribution in [0.5, 0.6) is 5.75 Å². The molecule has 1 amide bonds. The first-order valence-corrected chi connectivity index (χ1v) is 11.2. The molecule has 0 fully saturated rings. The molecule has 0 bridgehead atoms. The van der Waals surface area contributed by atoms with Crippen LogP contribution in [0.3, 0.4) is 0 Å². The molecule has 0 spiro atoms. The average molecular weight is 446 g/mol. The Morgan fingerprint density at radius 1 is 1.09 bits per heavy atom. The minimum absolute atomic E-state index is 0.0981. The fraction of sp³-hybridized carbons (Fsp3) is 0.167. The Morgan fingerprint density at radius 2 is 1.97 bits per heavy atom. The normalized spacial score (nSPS) is 10.7. The van der Waals surface area contributed by atoms with E-state index in [9.17, 15) is 4.79 Å². The molecule has 162 valence electrons. The van der Waals surface area contributed by atoms with Crippen molar-refractivity contribution in [2.45, 2.75) is 18.5 Å². The third kappa shape index (κ3) is 4.81. The van der Waals surface area contributed by atoms with Crippen LogP contribution in [-0.4, -0.2) is 38.5 Å². The Hall–Kier alpha value is -3.65. The monoisotopic (exact) mass is 445 g/mol. The van der Waals surface area contributed by atoms with Gasteiger partial charge in [-0.3, -0.25) is 14.3 Å². The van der Waals surface area contributed by atoms with E-state index >= 15 is 0 Å². The summed E-state index contributed by atoms with van der Waals surface area (Å²) in [7, 11) is 1.63. The molecule has 2 aromatic heterocycles. The van der Waals surface area contributed by atoms with Crippen molar-refractivity contribution in [1.82, 2.24) is 19.7 Å². The smallest absolute Gasteiger partial charge is 0.234 e. The van der Waals surface area contributed by atoms with Crippen LogP contribution < -0.4 is 10.1 Å². The number of rotatable bonds is 8. The molecule has 0 radical (unpaired) electrons. The Kier molecular flexibility index (Phi) is 6.81. The fourth-order valence-corrected chi connectivity index (χ4v) is 4.05. The van der Waals surface area contributed by atoms with Crippen LogP contribution in [0.15, 0.2) is 78.2 Å². The summed E-state index contributed by atoms with van der Waals surface area (Å²) in [5, 5.41) is 12.4. The molecule has 2 heterocycles. The summed E-state index contributed by atoms with van der Waals surface area (Å²) in [4.78, 5) is 16.9. The lowest BCUT2D eigenvalue weighted by Gasteiger charge is -2.12. The first-order chi connectivity index (χ1) is 15.7. The van der Waals surface area contributed by atoms with Gasteiger partial charge in [-0.05, 0) is 42.3 Å². The fourth-order valence-electron chi connectivity index (χ4n) is 3.29. The lowest BCUT2D eigenvalue weighted by Crippen LogP contribution is -2.15. The summed E-state index contributed by atoms with van der Waals surface area (Å²) in [6.07, 6.45) is 4.30. The van der Waals surface area contributed by atoms with Gasteiger partial charge in [-0.25, -0.2) is 0 Å². The Bertz CT molecular complexity index is 1210. The number of thioether (sulfide) groups is 1. The predicted molar refractivity (Wildman–Crippen MR) is 126 cm³/mol. The number of methoxy groups -OCH3 is 1. The van der Waals surface area contributed by atoms with E-state index in [1.807, 2.05) is 65.2 Å². The molecule has 0 aliphatic heterocycles. The molecular weight excluding hydrogens is 422 g/mol. The summed E-state index contributed by atoms with van der Waals surface area (Å²) < 4.78 is 7.30. The number of hydrogen-bond donors (Lipinski definition) is 1. The largest absolute Gasteiger partial charge is 0.497 e. The summed E-state index contributed by atoms with van der Waals surface area (Å²) in [6, 6.07) is 19.2. The Balaban J connectivity index is 1.61. The standard InChI is InChI=1S/C24H23N5O2S/c1-3-17-8-4-5-12-21(17)26-22(30)16-32-24-28-27-23(18-9-7-13-25-15-18)29(24)19-10-6-11-20(14-19)31-2/h4-15H,3,16H2,1-2H3,(H,26,30). The van der Waals surface area contributed by atoms with Crippen LogP contribution in [-0.2, 0) is 11.2 Å². The second-order valence-electron chi connectivity index (χ2n) is 6.93. The molecule has 0 unspecified atom stereocenters. The van der Waals surface area contributed by atoms with Crippen molar-refractivity contribution in [1.29, 1.82) is 0 Å². The molecule has 0 atom stereocenters. The van der Waals surface area contributed by atoms with Crippen LogP contribution in [0.1, 0.15) is 12.5 Å². The molecule has 0 saturated heterocycles. The van der Waals surface area contributed by atoms with Gasteiger partial charge in [0, 0.05) is 29.7 Å². The lowest BCUT2D eigenvalue weighted by molar-refractivity contribution is -0.113. The number of pyridine rings is 1. The Morgan fingerprint density at radius 3 is 2.75 bits per heavy atom. The van der Waals surface area contributed by atoms with Crippen molar-refractivity contribution in [3.63, 3.8) is 0 Å². The van der Waals surface area contributed by atoms with E-state index in [-0.39, 0.29) is 11.7 Å².